The third-order valence-electron chi connectivity index (χ3n) is 6.14. The Morgan fingerprint density at radius 3 is 2.89 bits per heavy atom. The van der Waals surface area contributed by atoms with E-state index in [9.17, 15) is 14.4 Å². The zero-order valence-electron chi connectivity index (χ0n) is 20.4. The van der Waals surface area contributed by atoms with E-state index in [4.69, 9.17) is 0 Å². The van der Waals surface area contributed by atoms with Crippen molar-refractivity contribution in [3.05, 3.63) is 46.5 Å². The van der Waals surface area contributed by atoms with Crippen LogP contribution in [0.3, 0.4) is 0 Å². The van der Waals surface area contributed by atoms with Gasteiger partial charge in [-0.1, -0.05) is 44.2 Å². The predicted octanol–water partition coefficient (Wildman–Crippen LogP) is 3.36. The van der Waals surface area contributed by atoms with Crippen LogP contribution in [0.4, 0.5) is 10.8 Å². The Balaban J connectivity index is 1.47. The minimum atomic E-state index is -0.296. The molecular weight excluding hydrogens is 464 g/mol. The summed E-state index contributed by atoms with van der Waals surface area (Å²) in [5.41, 5.74) is 1.90. The Morgan fingerprint density at radius 2 is 2.11 bits per heavy atom. The van der Waals surface area contributed by atoms with Crippen LogP contribution in [-0.4, -0.2) is 46.0 Å². The zero-order valence-corrected chi connectivity index (χ0v) is 21.2. The molecule has 1 aliphatic rings. The van der Waals surface area contributed by atoms with Crippen molar-refractivity contribution in [2.75, 3.05) is 29.9 Å². The van der Waals surface area contributed by atoms with E-state index >= 15 is 0 Å². The van der Waals surface area contributed by atoms with E-state index in [1.165, 1.54) is 22.2 Å². The number of carbonyl (C=O) groups excluding carboxylic acids is 2. The summed E-state index contributed by atoms with van der Waals surface area (Å²) in [6.45, 7) is 8.11. The lowest BCUT2D eigenvalue weighted by molar-refractivity contribution is -0.125. The monoisotopic (exact) mass is 496 g/mol. The predicted molar refractivity (Wildman–Crippen MR) is 139 cm³/mol. The van der Waals surface area contributed by atoms with Crippen LogP contribution < -0.4 is 21.1 Å². The Hall–Kier alpha value is -3.27. The number of benzene rings is 1. The van der Waals surface area contributed by atoms with Crippen LogP contribution in [0, 0.1) is 5.92 Å². The first kappa shape index (κ1) is 24.8. The third kappa shape index (κ3) is 5.87. The Bertz CT molecular complexity index is 1270. The van der Waals surface area contributed by atoms with Gasteiger partial charge in [0.1, 0.15) is 17.6 Å². The van der Waals surface area contributed by atoms with Crippen LogP contribution in [0.5, 0.6) is 0 Å². The van der Waals surface area contributed by atoms with Gasteiger partial charge >= 0.3 is 0 Å². The lowest BCUT2D eigenvalue weighted by Crippen LogP contribution is -2.43. The Labute approximate surface area is 208 Å². The maximum atomic E-state index is 13.1. The highest BCUT2D eigenvalue weighted by Crippen LogP contribution is 2.29. The molecule has 4 rings (SSSR count). The number of hydrogen-bond donors (Lipinski definition) is 2. The SMILES string of the molecule is CCCNC(=O)C1CCCN(c2nc3ncn(CC(=O)Nc4cccc(C(C)C)c4)c(=O)c3s2)C1. The maximum Gasteiger partial charge on any atom is 0.273 e. The molecule has 9 nitrogen and oxygen atoms in total. The van der Waals surface area contributed by atoms with Gasteiger partial charge in [0, 0.05) is 25.3 Å². The first-order valence-electron chi connectivity index (χ1n) is 12.1. The standard InChI is InChI=1S/C25H32N6O3S/c1-4-10-26-23(33)18-8-6-11-30(13-18)25-29-22-21(35-25)24(34)31(15-27-22)14-20(32)28-19-9-5-7-17(12-19)16(2)3/h5,7,9,12,15-16,18H,4,6,8,10-11,13-14H2,1-3H3,(H,26,33)(H,28,32). The van der Waals surface area contributed by atoms with E-state index in [1.807, 2.05) is 31.2 Å². The Kier molecular flexibility index (Phi) is 7.80. The number of thiazole rings is 1. The molecule has 1 fully saturated rings. The molecule has 3 heterocycles. The summed E-state index contributed by atoms with van der Waals surface area (Å²) in [5, 5.41) is 6.52. The fourth-order valence-corrected chi connectivity index (χ4v) is 5.18. The van der Waals surface area contributed by atoms with Gasteiger partial charge in [-0.3, -0.25) is 19.0 Å². The molecule has 1 saturated heterocycles. The molecule has 35 heavy (non-hydrogen) atoms. The largest absolute Gasteiger partial charge is 0.356 e. The summed E-state index contributed by atoms with van der Waals surface area (Å²) in [6.07, 6.45) is 4.00. The number of nitrogens with zero attached hydrogens (tertiary/aromatic N) is 4. The number of aromatic nitrogens is 3. The molecule has 10 heteroatoms. The molecule has 1 aromatic carbocycles. The van der Waals surface area contributed by atoms with Crippen LogP contribution in [0.1, 0.15) is 51.5 Å². The summed E-state index contributed by atoms with van der Waals surface area (Å²) in [7, 11) is 0. The van der Waals surface area contributed by atoms with Crippen molar-refractivity contribution < 1.29 is 9.59 Å². The molecule has 1 atom stereocenters. The smallest absolute Gasteiger partial charge is 0.273 e. The zero-order chi connectivity index (χ0) is 24.9. The highest BCUT2D eigenvalue weighted by Gasteiger charge is 2.27. The van der Waals surface area contributed by atoms with E-state index in [-0.39, 0.29) is 29.8 Å². The van der Waals surface area contributed by atoms with Crippen molar-refractivity contribution in [2.24, 2.45) is 5.92 Å². The van der Waals surface area contributed by atoms with Crippen molar-refractivity contribution >= 4 is 44.3 Å². The van der Waals surface area contributed by atoms with Gasteiger partial charge in [0.05, 0.1) is 5.92 Å². The van der Waals surface area contributed by atoms with Gasteiger partial charge in [-0.25, -0.2) is 4.98 Å². The van der Waals surface area contributed by atoms with Crippen LogP contribution in [0.15, 0.2) is 35.4 Å². The molecule has 0 spiro atoms. The number of hydrogen-bond acceptors (Lipinski definition) is 7. The van der Waals surface area contributed by atoms with Crippen molar-refractivity contribution in [3.8, 4) is 0 Å². The molecule has 2 aromatic heterocycles. The minimum Gasteiger partial charge on any atom is -0.356 e. The number of amides is 2. The number of rotatable bonds is 8. The van der Waals surface area contributed by atoms with Crippen molar-refractivity contribution in [1.29, 1.82) is 0 Å². The van der Waals surface area contributed by atoms with Crippen molar-refractivity contribution in [2.45, 2.75) is 52.5 Å². The second-order valence-corrected chi connectivity index (χ2v) is 10.2. The van der Waals surface area contributed by atoms with E-state index in [2.05, 4.69) is 39.3 Å². The lowest BCUT2D eigenvalue weighted by Gasteiger charge is -2.31. The number of fused-ring (bicyclic) bond motifs is 1. The number of anilines is 2. The summed E-state index contributed by atoms with van der Waals surface area (Å²) < 4.78 is 1.72. The van der Waals surface area contributed by atoms with E-state index in [0.29, 0.717) is 40.2 Å². The van der Waals surface area contributed by atoms with Gasteiger partial charge in [-0.2, -0.15) is 4.98 Å². The second-order valence-electron chi connectivity index (χ2n) is 9.23. The minimum absolute atomic E-state index is 0.0723. The van der Waals surface area contributed by atoms with Crippen LogP contribution in [0.25, 0.3) is 10.3 Å². The average molecular weight is 497 g/mol. The van der Waals surface area contributed by atoms with Gasteiger partial charge in [-0.05, 0) is 42.9 Å². The summed E-state index contributed by atoms with van der Waals surface area (Å²) >= 11 is 1.27. The summed E-state index contributed by atoms with van der Waals surface area (Å²) in [4.78, 5) is 49.1. The van der Waals surface area contributed by atoms with Gasteiger partial charge < -0.3 is 15.5 Å². The molecule has 0 radical (unpaired) electrons. The molecule has 2 N–H and O–H groups in total. The number of piperidine rings is 1. The number of carbonyl (C=O) groups is 2. The molecule has 0 aliphatic carbocycles. The molecule has 3 aromatic rings. The third-order valence-corrected chi connectivity index (χ3v) is 7.23. The van der Waals surface area contributed by atoms with Crippen LogP contribution in [-0.2, 0) is 16.1 Å². The van der Waals surface area contributed by atoms with E-state index < -0.39 is 0 Å². The normalized spacial score (nSPS) is 16.0. The van der Waals surface area contributed by atoms with E-state index in [1.54, 1.807) is 0 Å². The van der Waals surface area contributed by atoms with E-state index in [0.717, 1.165) is 31.4 Å². The maximum absolute atomic E-state index is 13.1. The molecular formula is C25H32N6O3S. The molecule has 1 unspecified atom stereocenters. The first-order valence-corrected chi connectivity index (χ1v) is 13.0. The van der Waals surface area contributed by atoms with Gasteiger partial charge in [0.15, 0.2) is 10.8 Å². The lowest BCUT2D eigenvalue weighted by atomic mass is 9.97. The van der Waals surface area contributed by atoms with Crippen LogP contribution >= 0.6 is 11.3 Å². The summed E-state index contributed by atoms with van der Waals surface area (Å²) in [6, 6.07) is 7.70. The van der Waals surface area contributed by atoms with Crippen LogP contribution in [0.2, 0.25) is 0 Å². The van der Waals surface area contributed by atoms with Gasteiger partial charge in [0.2, 0.25) is 11.8 Å². The fraction of sp³-hybridized carbons (Fsp3) is 0.480. The topological polar surface area (TPSA) is 109 Å². The Morgan fingerprint density at radius 1 is 1.29 bits per heavy atom. The van der Waals surface area contributed by atoms with Gasteiger partial charge in [-0.15, -0.1) is 0 Å². The summed E-state index contributed by atoms with van der Waals surface area (Å²) in [5.74, 6) is 0.0336. The molecule has 186 valence electrons. The highest BCUT2D eigenvalue weighted by atomic mass is 32.1. The van der Waals surface area contributed by atoms with Crippen molar-refractivity contribution in [3.63, 3.8) is 0 Å². The molecule has 0 saturated carbocycles. The van der Waals surface area contributed by atoms with Crippen molar-refractivity contribution in [1.82, 2.24) is 19.9 Å². The fourth-order valence-electron chi connectivity index (χ4n) is 4.17. The number of nitrogens with one attached hydrogen (secondary N) is 2. The average Bonchev–Trinajstić information content (AvgIpc) is 3.30. The quantitative estimate of drug-likeness (QED) is 0.495. The molecule has 2 amide bonds. The molecule has 0 bridgehead atoms. The van der Waals surface area contributed by atoms with Gasteiger partial charge in [0.25, 0.3) is 5.56 Å². The molecule has 1 aliphatic heterocycles. The highest BCUT2D eigenvalue weighted by molar-refractivity contribution is 7.22. The first-order chi connectivity index (χ1) is 16.9. The second kappa shape index (κ2) is 11.0.